The van der Waals surface area contributed by atoms with Crippen LogP contribution in [0.25, 0.3) is 0 Å². The summed E-state index contributed by atoms with van der Waals surface area (Å²) in [6.07, 6.45) is 0. The first-order valence-corrected chi connectivity index (χ1v) is 5.36. The van der Waals surface area contributed by atoms with Crippen molar-refractivity contribution < 1.29 is 26.6 Å². The van der Waals surface area contributed by atoms with Crippen molar-refractivity contribution in [3.8, 4) is 0 Å². The fourth-order valence-corrected chi connectivity index (χ4v) is 2.24. The fourth-order valence-electron chi connectivity index (χ4n) is 0.299. The smallest absolute Gasteiger partial charge is 0.300 e. The van der Waals surface area contributed by atoms with Gasteiger partial charge in [0.25, 0.3) is 0 Å². The second kappa shape index (κ2) is 3.74. The van der Waals surface area contributed by atoms with Crippen molar-refractivity contribution in [1.82, 2.24) is 4.86 Å². The molecule has 0 spiro atoms. The molecule has 0 radical (unpaired) electrons. The van der Waals surface area contributed by atoms with E-state index in [0.29, 0.717) is 0 Å². The van der Waals surface area contributed by atoms with Crippen molar-refractivity contribution in [2.45, 2.75) is 0 Å². The van der Waals surface area contributed by atoms with Gasteiger partial charge in [-0.25, -0.2) is 9.13 Å². The van der Waals surface area contributed by atoms with E-state index >= 15 is 0 Å². The predicted octanol–water partition coefficient (Wildman–Crippen LogP) is 2.02. The van der Waals surface area contributed by atoms with E-state index in [4.69, 9.17) is 0 Å². The summed E-state index contributed by atoms with van der Waals surface area (Å²) >= 11 is 0. The Kier molecular flexibility index (Phi) is 3.80. The van der Waals surface area contributed by atoms with Crippen LogP contribution in [0.3, 0.4) is 0 Å². The zero-order valence-electron chi connectivity index (χ0n) is 5.78. The van der Waals surface area contributed by atoms with Gasteiger partial charge in [-0.2, -0.15) is 0 Å². The lowest BCUT2D eigenvalue weighted by Crippen LogP contribution is -2.05. The quantitative estimate of drug-likeness (QED) is 0.717. The highest BCUT2D eigenvalue weighted by Gasteiger charge is 2.33. The Balaban J connectivity index is 4.34. The molecule has 0 fully saturated rings. The van der Waals surface area contributed by atoms with Crippen molar-refractivity contribution in [3.05, 3.63) is 0 Å². The molecule has 0 saturated heterocycles. The van der Waals surface area contributed by atoms with Crippen LogP contribution in [-0.2, 0) is 18.2 Å². The minimum Gasteiger partial charge on any atom is -0.300 e. The summed E-state index contributed by atoms with van der Waals surface area (Å²) in [4.78, 5) is 0.965. The Labute approximate surface area is 62.3 Å². The van der Waals surface area contributed by atoms with Gasteiger partial charge in [-0.15, -0.1) is 13.3 Å². The molecule has 0 rings (SSSR count). The zero-order chi connectivity index (χ0) is 9.12. The lowest BCUT2D eigenvalue weighted by atomic mass is 11.8. The molecule has 11 heavy (non-hydrogen) atoms. The highest BCUT2D eigenvalue weighted by Crippen LogP contribution is 2.57. The molecular formula is C2H7F2NO4P2. The molecule has 0 aliphatic carbocycles. The van der Waals surface area contributed by atoms with Gasteiger partial charge in [0.1, 0.15) is 0 Å². The van der Waals surface area contributed by atoms with Gasteiger partial charge >= 0.3 is 15.7 Å². The van der Waals surface area contributed by atoms with Crippen LogP contribution < -0.4 is 4.86 Å². The summed E-state index contributed by atoms with van der Waals surface area (Å²) in [6, 6.07) is 0. The Bertz CT molecular complexity index is 206. The van der Waals surface area contributed by atoms with Gasteiger partial charge in [0, 0.05) is 14.2 Å². The largest absolute Gasteiger partial charge is 0.489 e. The third-order valence-corrected chi connectivity index (χ3v) is 3.59. The third-order valence-electron chi connectivity index (χ3n) is 0.720. The summed E-state index contributed by atoms with van der Waals surface area (Å²) in [5, 5.41) is 0. The molecule has 1 N–H and O–H groups in total. The maximum absolute atomic E-state index is 11.7. The van der Waals surface area contributed by atoms with Crippen molar-refractivity contribution in [2.75, 3.05) is 14.2 Å². The predicted molar refractivity (Wildman–Crippen MR) is 34.6 cm³/mol. The molecule has 5 nitrogen and oxygen atoms in total. The molecule has 9 heteroatoms. The van der Waals surface area contributed by atoms with Gasteiger partial charge in [-0.3, -0.25) is 9.05 Å². The normalized spacial score (nSPS) is 13.5. The summed E-state index contributed by atoms with van der Waals surface area (Å²) in [7, 11) is -7.86. The first kappa shape index (κ1) is 11.2. The molecule has 0 aromatic heterocycles. The van der Waals surface area contributed by atoms with Crippen LogP contribution in [0.2, 0.25) is 0 Å². The van der Waals surface area contributed by atoms with E-state index in [1.165, 1.54) is 0 Å². The van der Waals surface area contributed by atoms with Crippen LogP contribution in [0, 0.1) is 0 Å². The summed E-state index contributed by atoms with van der Waals surface area (Å²) in [5.41, 5.74) is 0. The summed E-state index contributed by atoms with van der Waals surface area (Å²) < 4.78 is 52.0. The Morgan fingerprint density at radius 1 is 1.18 bits per heavy atom. The van der Waals surface area contributed by atoms with Crippen molar-refractivity contribution in [3.63, 3.8) is 0 Å². The summed E-state index contributed by atoms with van der Waals surface area (Å²) in [6.45, 7) is 0. The van der Waals surface area contributed by atoms with Gasteiger partial charge in [0.15, 0.2) is 0 Å². The highest BCUT2D eigenvalue weighted by atomic mass is 31.3. The molecule has 0 atom stereocenters. The molecule has 0 bridgehead atoms. The molecule has 68 valence electrons. The Morgan fingerprint density at radius 3 is 1.64 bits per heavy atom. The van der Waals surface area contributed by atoms with E-state index in [0.717, 1.165) is 19.1 Å². The van der Waals surface area contributed by atoms with Gasteiger partial charge < -0.3 is 0 Å². The molecule has 0 aliphatic heterocycles. The highest BCUT2D eigenvalue weighted by molar-refractivity contribution is 7.67. The van der Waals surface area contributed by atoms with E-state index < -0.39 is 15.7 Å². The van der Waals surface area contributed by atoms with Gasteiger partial charge in [-0.1, -0.05) is 0 Å². The lowest BCUT2D eigenvalue weighted by Gasteiger charge is -2.12. The van der Waals surface area contributed by atoms with Crippen LogP contribution >= 0.6 is 15.7 Å². The number of halogens is 2. The van der Waals surface area contributed by atoms with E-state index in [-0.39, 0.29) is 0 Å². The molecule has 0 amide bonds. The Hall–Kier alpha value is 0.200. The van der Waals surface area contributed by atoms with Gasteiger partial charge in [0.05, 0.1) is 0 Å². The minimum atomic E-state index is -5.58. The van der Waals surface area contributed by atoms with Crippen LogP contribution in [0.15, 0.2) is 0 Å². The molecule has 0 aromatic carbocycles. The lowest BCUT2D eigenvalue weighted by molar-refractivity contribution is 0.270. The SMILES string of the molecule is COP(=O)(NP(=O)(F)F)OC. The van der Waals surface area contributed by atoms with Crippen molar-refractivity contribution in [1.29, 1.82) is 0 Å². The maximum atomic E-state index is 11.7. The topological polar surface area (TPSA) is 64.6 Å². The Morgan fingerprint density at radius 2 is 1.55 bits per heavy atom. The van der Waals surface area contributed by atoms with Gasteiger partial charge in [-0.05, 0) is 0 Å². The number of hydrogen-bond acceptors (Lipinski definition) is 4. The zero-order valence-corrected chi connectivity index (χ0v) is 7.57. The minimum absolute atomic E-state index is 0.896. The molecule has 0 unspecified atom stereocenters. The average Bonchev–Trinajstić information content (AvgIpc) is 1.84. The average molecular weight is 209 g/mol. The number of rotatable bonds is 4. The third kappa shape index (κ3) is 4.61. The summed E-state index contributed by atoms with van der Waals surface area (Å²) in [5.74, 6) is 0. The second-order valence-corrected chi connectivity index (χ2v) is 4.87. The van der Waals surface area contributed by atoms with Crippen LogP contribution in [-0.4, -0.2) is 14.2 Å². The van der Waals surface area contributed by atoms with Gasteiger partial charge in [0.2, 0.25) is 0 Å². The molecular weight excluding hydrogens is 202 g/mol. The van der Waals surface area contributed by atoms with Crippen molar-refractivity contribution >= 4 is 15.7 Å². The maximum Gasteiger partial charge on any atom is 0.489 e. The number of nitrogens with one attached hydrogen (secondary N) is 1. The molecule has 0 saturated carbocycles. The monoisotopic (exact) mass is 209 g/mol. The number of hydrogen-bond donors (Lipinski definition) is 1. The van der Waals surface area contributed by atoms with E-state index in [9.17, 15) is 17.5 Å². The van der Waals surface area contributed by atoms with E-state index in [1.807, 2.05) is 0 Å². The van der Waals surface area contributed by atoms with E-state index in [1.54, 1.807) is 0 Å². The second-order valence-electron chi connectivity index (χ2n) is 1.42. The molecule has 0 heterocycles. The first-order chi connectivity index (χ1) is 4.83. The fraction of sp³-hybridized carbons (Fsp3) is 1.00. The molecule has 0 aromatic rings. The van der Waals surface area contributed by atoms with Crippen LogP contribution in [0.1, 0.15) is 0 Å². The standard InChI is InChI=1S/C2H7F2NO4P2/c1-8-11(7,9-2)5-10(3,4)6/h1-2H3,(H,5,6,7). The molecule has 0 aliphatic rings. The van der Waals surface area contributed by atoms with Crippen LogP contribution in [0.5, 0.6) is 0 Å². The van der Waals surface area contributed by atoms with Crippen molar-refractivity contribution in [2.24, 2.45) is 0 Å². The van der Waals surface area contributed by atoms with E-state index in [2.05, 4.69) is 9.05 Å². The first-order valence-electron chi connectivity index (χ1n) is 2.33. The van der Waals surface area contributed by atoms with Crippen LogP contribution in [0.4, 0.5) is 8.39 Å².